The van der Waals surface area contributed by atoms with Crippen LogP contribution in [-0.2, 0) is 0 Å². The second-order valence-electron chi connectivity index (χ2n) is 4.58. The molecule has 0 fully saturated rings. The van der Waals surface area contributed by atoms with Crippen LogP contribution in [0.5, 0.6) is 0 Å². The van der Waals surface area contributed by atoms with Gasteiger partial charge in [-0.3, -0.25) is 0 Å². The number of hydrogen-bond donors (Lipinski definition) is 1. The lowest BCUT2D eigenvalue weighted by molar-refractivity contribution is 0.717. The average Bonchev–Trinajstić information content (AvgIpc) is 2.38. The number of aromatic nitrogens is 3. The van der Waals surface area contributed by atoms with Crippen molar-refractivity contribution in [3.8, 4) is 0 Å². The second kappa shape index (κ2) is 7.84. The standard InChI is InChI=1S/C13H25N5/c1-5-8-18(9-6-2)12-10-14-17-13(16-12)15-11(4)7-3/h10-11H,5-9H2,1-4H3,(H,15,16,17). The first kappa shape index (κ1) is 14.7. The summed E-state index contributed by atoms with van der Waals surface area (Å²) in [5.41, 5.74) is 0. The van der Waals surface area contributed by atoms with E-state index in [0.717, 1.165) is 38.2 Å². The van der Waals surface area contributed by atoms with Crippen molar-refractivity contribution in [2.24, 2.45) is 0 Å². The van der Waals surface area contributed by atoms with Gasteiger partial charge in [-0.05, 0) is 26.2 Å². The van der Waals surface area contributed by atoms with Crippen LogP contribution in [0.4, 0.5) is 11.8 Å². The van der Waals surface area contributed by atoms with Crippen LogP contribution in [-0.4, -0.2) is 34.3 Å². The minimum Gasteiger partial charge on any atom is -0.355 e. The van der Waals surface area contributed by atoms with E-state index < -0.39 is 0 Å². The van der Waals surface area contributed by atoms with E-state index >= 15 is 0 Å². The molecule has 102 valence electrons. The molecule has 5 nitrogen and oxygen atoms in total. The molecule has 0 saturated carbocycles. The Morgan fingerprint density at radius 2 is 1.89 bits per heavy atom. The predicted molar refractivity (Wildman–Crippen MR) is 76.0 cm³/mol. The maximum Gasteiger partial charge on any atom is 0.244 e. The minimum absolute atomic E-state index is 0.368. The molecule has 18 heavy (non-hydrogen) atoms. The monoisotopic (exact) mass is 251 g/mol. The zero-order chi connectivity index (χ0) is 13.4. The Balaban J connectivity index is 2.77. The third kappa shape index (κ3) is 4.47. The van der Waals surface area contributed by atoms with E-state index in [2.05, 4.69) is 53.1 Å². The molecule has 1 aromatic rings. The normalized spacial score (nSPS) is 12.2. The Hall–Kier alpha value is -1.39. The van der Waals surface area contributed by atoms with Gasteiger partial charge < -0.3 is 10.2 Å². The van der Waals surface area contributed by atoms with E-state index in [1.165, 1.54) is 0 Å². The van der Waals surface area contributed by atoms with Gasteiger partial charge in [0.25, 0.3) is 0 Å². The topological polar surface area (TPSA) is 53.9 Å². The first-order chi connectivity index (χ1) is 8.71. The quantitative estimate of drug-likeness (QED) is 0.770. The number of rotatable bonds is 8. The predicted octanol–water partition coefficient (Wildman–Crippen LogP) is 2.71. The van der Waals surface area contributed by atoms with Gasteiger partial charge in [-0.15, -0.1) is 5.10 Å². The van der Waals surface area contributed by atoms with Crippen molar-refractivity contribution in [1.29, 1.82) is 0 Å². The summed E-state index contributed by atoms with van der Waals surface area (Å²) in [5.74, 6) is 1.54. The number of nitrogens with one attached hydrogen (secondary N) is 1. The SMILES string of the molecule is CCCN(CCC)c1cnnc(NC(C)CC)n1. The highest BCUT2D eigenvalue weighted by atomic mass is 15.3. The summed E-state index contributed by atoms with van der Waals surface area (Å²) >= 11 is 0. The fourth-order valence-electron chi connectivity index (χ4n) is 1.71. The molecule has 0 spiro atoms. The van der Waals surface area contributed by atoms with Crippen molar-refractivity contribution >= 4 is 11.8 Å². The van der Waals surface area contributed by atoms with E-state index in [1.54, 1.807) is 6.20 Å². The van der Waals surface area contributed by atoms with Crippen molar-refractivity contribution in [2.45, 2.75) is 53.0 Å². The molecule has 0 saturated heterocycles. The van der Waals surface area contributed by atoms with Gasteiger partial charge in [0.05, 0.1) is 6.20 Å². The molecule has 0 bridgehead atoms. The Bertz CT molecular complexity index is 336. The Morgan fingerprint density at radius 1 is 1.22 bits per heavy atom. The first-order valence-corrected chi connectivity index (χ1v) is 6.92. The average molecular weight is 251 g/mol. The van der Waals surface area contributed by atoms with Gasteiger partial charge in [0, 0.05) is 19.1 Å². The van der Waals surface area contributed by atoms with E-state index in [9.17, 15) is 0 Å². The lowest BCUT2D eigenvalue weighted by Crippen LogP contribution is -2.27. The van der Waals surface area contributed by atoms with Crippen molar-refractivity contribution in [3.05, 3.63) is 6.20 Å². The van der Waals surface area contributed by atoms with Crippen LogP contribution < -0.4 is 10.2 Å². The van der Waals surface area contributed by atoms with Crippen molar-refractivity contribution in [2.75, 3.05) is 23.3 Å². The minimum atomic E-state index is 0.368. The second-order valence-corrected chi connectivity index (χ2v) is 4.58. The summed E-state index contributed by atoms with van der Waals surface area (Å²) in [4.78, 5) is 6.80. The van der Waals surface area contributed by atoms with Crippen LogP contribution in [0.3, 0.4) is 0 Å². The molecule has 0 aromatic carbocycles. The number of anilines is 2. The van der Waals surface area contributed by atoms with Crippen molar-refractivity contribution in [1.82, 2.24) is 15.2 Å². The molecule has 0 aliphatic rings. The molecule has 0 aliphatic heterocycles. The highest BCUT2D eigenvalue weighted by molar-refractivity contribution is 5.40. The molecule has 0 aliphatic carbocycles. The summed E-state index contributed by atoms with van der Waals surface area (Å²) in [6, 6.07) is 0.368. The van der Waals surface area contributed by atoms with Crippen LogP contribution in [0.2, 0.25) is 0 Å². The molecule has 5 heteroatoms. The fraction of sp³-hybridized carbons (Fsp3) is 0.769. The summed E-state index contributed by atoms with van der Waals surface area (Å²) in [6.45, 7) is 10.6. The van der Waals surface area contributed by atoms with E-state index in [1.807, 2.05) is 0 Å². The maximum absolute atomic E-state index is 4.54. The van der Waals surface area contributed by atoms with Gasteiger partial charge in [-0.25, -0.2) is 0 Å². The highest BCUT2D eigenvalue weighted by Gasteiger charge is 2.09. The molecule has 1 atom stereocenters. The van der Waals surface area contributed by atoms with Gasteiger partial charge in [0.2, 0.25) is 5.95 Å². The molecule has 1 aromatic heterocycles. The Labute approximate surface area is 110 Å². The molecule has 1 heterocycles. The lowest BCUT2D eigenvalue weighted by Gasteiger charge is -2.22. The third-order valence-electron chi connectivity index (χ3n) is 2.85. The molecule has 1 unspecified atom stereocenters. The van der Waals surface area contributed by atoms with E-state index in [4.69, 9.17) is 0 Å². The fourth-order valence-corrected chi connectivity index (χ4v) is 1.71. The summed E-state index contributed by atoms with van der Waals surface area (Å²) in [7, 11) is 0. The van der Waals surface area contributed by atoms with Gasteiger partial charge in [-0.1, -0.05) is 20.8 Å². The van der Waals surface area contributed by atoms with Crippen molar-refractivity contribution in [3.63, 3.8) is 0 Å². The molecule has 1 rings (SSSR count). The Kier molecular flexibility index (Phi) is 6.39. The zero-order valence-electron chi connectivity index (χ0n) is 12.0. The van der Waals surface area contributed by atoms with Crippen LogP contribution in [0.15, 0.2) is 6.20 Å². The summed E-state index contributed by atoms with van der Waals surface area (Å²) in [6.07, 6.45) is 5.00. The van der Waals surface area contributed by atoms with Crippen LogP contribution in [0.1, 0.15) is 47.0 Å². The van der Waals surface area contributed by atoms with Crippen LogP contribution in [0, 0.1) is 0 Å². The van der Waals surface area contributed by atoms with Gasteiger partial charge in [-0.2, -0.15) is 10.1 Å². The lowest BCUT2D eigenvalue weighted by atomic mass is 10.3. The van der Waals surface area contributed by atoms with Gasteiger partial charge in [0.1, 0.15) is 0 Å². The van der Waals surface area contributed by atoms with E-state index in [0.29, 0.717) is 12.0 Å². The Morgan fingerprint density at radius 3 is 2.44 bits per heavy atom. The van der Waals surface area contributed by atoms with Crippen molar-refractivity contribution < 1.29 is 0 Å². The smallest absolute Gasteiger partial charge is 0.244 e. The molecule has 0 amide bonds. The summed E-state index contributed by atoms with van der Waals surface area (Å²) < 4.78 is 0. The number of hydrogen-bond acceptors (Lipinski definition) is 5. The number of nitrogens with zero attached hydrogens (tertiary/aromatic N) is 4. The van der Waals surface area contributed by atoms with Crippen LogP contribution >= 0.6 is 0 Å². The third-order valence-corrected chi connectivity index (χ3v) is 2.85. The zero-order valence-corrected chi connectivity index (χ0v) is 12.0. The van der Waals surface area contributed by atoms with E-state index in [-0.39, 0.29) is 0 Å². The van der Waals surface area contributed by atoms with Crippen LogP contribution in [0.25, 0.3) is 0 Å². The largest absolute Gasteiger partial charge is 0.355 e. The first-order valence-electron chi connectivity index (χ1n) is 6.92. The van der Waals surface area contributed by atoms with Gasteiger partial charge >= 0.3 is 0 Å². The van der Waals surface area contributed by atoms with Gasteiger partial charge in [0.15, 0.2) is 5.82 Å². The molecular weight excluding hydrogens is 226 g/mol. The summed E-state index contributed by atoms with van der Waals surface area (Å²) in [5, 5.41) is 11.3. The molecular formula is C13H25N5. The molecule has 1 N–H and O–H groups in total. The maximum atomic E-state index is 4.54. The molecule has 0 radical (unpaired) electrons. The highest BCUT2D eigenvalue weighted by Crippen LogP contribution is 2.12.